The van der Waals surface area contributed by atoms with E-state index in [0.717, 1.165) is 73.6 Å². The fraction of sp³-hybridized carbons (Fsp3) is 0.233. The summed E-state index contributed by atoms with van der Waals surface area (Å²) in [6.45, 7) is 21.7. The first-order chi connectivity index (χ1) is 46.2. The number of nitrogens with zero attached hydrogens (tertiary/aromatic N) is 14. The molecule has 12 aromatic heterocycles. The van der Waals surface area contributed by atoms with Gasteiger partial charge in [-0.25, -0.2) is 44.4 Å². The SMILES string of the molecule is CNc1ccc(C)cn1.COc1cc(C)cnc1N.COc1ccc(C)cn1.COc1ncc(C)cc1N.Cc1cc(N)ccn1.Cc1ccc(N(C)C)nc1.Cc1ccc(N)cn1.Cc1cccc(N)n1.Cc1cccnc1.Cc1ccnc(N)c1.Cc1cnn2cccnc12. The number of fused-ring (bicyclic) bond motifs is 1. The highest BCUT2D eigenvalue weighted by molar-refractivity contribution is 5.49. The quantitative estimate of drug-likeness (QED) is 0.0841. The standard InChI is InChI=1S/C8H12N2.C7H7N3.2C7H10N2O.C7H10N2.C7H9NO.4C6H8N2.C6H7N/c1-7-4-5-8(9-6-7)10(2)3;1-6-5-9-10-4-2-3-8-7(6)10;1-5-3-6(10-2)7(8)9-4-5;1-5-3-6(8)7(10-2)9-4-5;1-6-3-4-7(8-2)9-5-6;1-6-3-4-7(9-2)8-5-6;1-5-4-6(7)2-3-8-5;1-5-2-3-6(7)4-8-5;1-5-2-3-8-6(7)4-5;1-5-3-2-4-6(7)8-5;1-6-3-2-4-7-5-6/h4-6H,1-3H3;2-5H,1H3;3-4H,1-2H3,(H2,8,9);3-4H,8H2,1-2H3;3-5H,1-2H3,(H,8,9);3-5H,1-2H3;2-4H,1H3,(H2,7,8);2-4H,7H2,1H3;2*2-4H,1H3,(H2,7,8);2-5H,1H3. The number of nitrogens with one attached hydrogen (secondary N) is 1. The Hall–Kier alpha value is -12.1. The second-order valence-corrected chi connectivity index (χ2v) is 21.3. The van der Waals surface area contributed by atoms with Crippen molar-refractivity contribution in [2.45, 2.75) is 76.2 Å². The summed E-state index contributed by atoms with van der Waals surface area (Å²) < 4.78 is 16.4. The van der Waals surface area contributed by atoms with Gasteiger partial charge in [-0.3, -0.25) is 15.0 Å². The third kappa shape index (κ3) is 36.7. The van der Waals surface area contributed by atoms with Crippen molar-refractivity contribution in [2.24, 2.45) is 0 Å². The zero-order chi connectivity index (χ0) is 72.1. The van der Waals surface area contributed by atoms with Gasteiger partial charge in [0.15, 0.2) is 17.2 Å². The zero-order valence-corrected chi connectivity index (χ0v) is 59.0. The van der Waals surface area contributed by atoms with Crippen molar-refractivity contribution in [1.29, 1.82) is 0 Å². The van der Waals surface area contributed by atoms with Crippen LogP contribution in [-0.2, 0) is 0 Å². The van der Waals surface area contributed by atoms with Gasteiger partial charge in [0.05, 0.1) is 45.1 Å². The van der Waals surface area contributed by atoms with Crippen LogP contribution >= 0.6 is 0 Å². The van der Waals surface area contributed by atoms with Gasteiger partial charge in [0.2, 0.25) is 11.8 Å². The van der Waals surface area contributed by atoms with Crippen molar-refractivity contribution in [2.75, 3.05) is 87.1 Å². The molecule has 0 aliphatic heterocycles. The lowest BCUT2D eigenvalue weighted by atomic mass is 10.3. The smallest absolute Gasteiger partial charge is 0.236 e. The zero-order valence-electron chi connectivity index (χ0n) is 59.0. The molecular weight excluding hydrogens is 1220 g/mol. The predicted molar refractivity (Wildman–Crippen MR) is 397 cm³/mol. The molecule has 0 spiro atoms. The van der Waals surface area contributed by atoms with E-state index in [9.17, 15) is 0 Å². The van der Waals surface area contributed by atoms with Crippen LogP contribution < -0.4 is 58.8 Å². The van der Waals surface area contributed by atoms with Gasteiger partial charge in [-0.15, -0.1) is 0 Å². The van der Waals surface area contributed by atoms with Crippen molar-refractivity contribution in [3.8, 4) is 17.5 Å². The number of anilines is 8. The summed E-state index contributed by atoms with van der Waals surface area (Å²) in [5.74, 6) is 5.33. The highest BCUT2D eigenvalue weighted by Crippen LogP contribution is 2.19. The molecule has 0 radical (unpaired) electrons. The number of aromatic nitrogens is 13. The first-order valence-corrected chi connectivity index (χ1v) is 30.3. The van der Waals surface area contributed by atoms with E-state index in [4.69, 9.17) is 48.6 Å². The van der Waals surface area contributed by atoms with Crippen LogP contribution in [0.2, 0.25) is 0 Å². The number of hydrogen-bond acceptors (Lipinski definition) is 23. The number of ether oxygens (including phenoxy) is 3. The summed E-state index contributed by atoms with van der Waals surface area (Å²) in [6.07, 6.45) is 23.0. The van der Waals surface area contributed by atoms with Crippen molar-refractivity contribution < 1.29 is 14.2 Å². The van der Waals surface area contributed by atoms with Crippen LogP contribution in [0.15, 0.2) is 202 Å². The van der Waals surface area contributed by atoms with E-state index < -0.39 is 0 Å². The molecule has 12 aromatic rings. The number of nitrogens with two attached hydrogens (primary N) is 6. The Kier molecular flexibility index (Phi) is 38.5. The Morgan fingerprint density at radius 2 is 1.07 bits per heavy atom. The molecule has 0 fully saturated rings. The molecule has 24 nitrogen and oxygen atoms in total. The third-order valence-corrected chi connectivity index (χ3v) is 12.0. The summed E-state index contributed by atoms with van der Waals surface area (Å²) in [4.78, 5) is 45.8. The largest absolute Gasteiger partial charge is 0.493 e. The molecule has 12 rings (SSSR count). The number of aryl methyl sites for hydroxylation is 11. The second kappa shape index (κ2) is 46.1. The summed E-state index contributed by atoms with van der Waals surface area (Å²) in [5, 5.41) is 7.02. The van der Waals surface area contributed by atoms with Crippen molar-refractivity contribution in [3.63, 3.8) is 0 Å². The van der Waals surface area contributed by atoms with Gasteiger partial charge < -0.3 is 58.8 Å². The van der Waals surface area contributed by atoms with E-state index in [0.29, 0.717) is 40.7 Å². The van der Waals surface area contributed by atoms with Gasteiger partial charge in [0, 0.05) is 124 Å². The summed E-state index contributed by atoms with van der Waals surface area (Å²) in [7, 11) is 10.6. The van der Waals surface area contributed by atoms with Gasteiger partial charge in [0.25, 0.3) is 0 Å². The molecule has 97 heavy (non-hydrogen) atoms. The molecule has 512 valence electrons. The van der Waals surface area contributed by atoms with E-state index in [-0.39, 0.29) is 0 Å². The van der Waals surface area contributed by atoms with Crippen LogP contribution in [0, 0.1) is 76.2 Å². The molecule has 24 heteroatoms. The topological polar surface area (TPSA) is 358 Å². The van der Waals surface area contributed by atoms with Crippen molar-refractivity contribution >= 4 is 51.8 Å². The summed E-state index contributed by atoms with van der Waals surface area (Å²) >= 11 is 0. The maximum absolute atomic E-state index is 5.54. The van der Waals surface area contributed by atoms with E-state index in [1.165, 1.54) is 16.7 Å². The van der Waals surface area contributed by atoms with E-state index >= 15 is 0 Å². The molecule has 0 aliphatic rings. The molecule has 0 aromatic carbocycles. The molecule has 0 aliphatic carbocycles. The molecule has 13 N–H and O–H groups in total. The fourth-order valence-corrected chi connectivity index (χ4v) is 6.95. The monoisotopic (exact) mass is 1320 g/mol. The first kappa shape index (κ1) is 81.0. The average molecular weight is 1320 g/mol. The van der Waals surface area contributed by atoms with Gasteiger partial charge in [-0.2, -0.15) is 5.10 Å². The Bertz CT molecular complexity index is 3830. The summed E-state index contributed by atoms with van der Waals surface area (Å²) in [5.41, 5.74) is 47.5. The van der Waals surface area contributed by atoms with Crippen LogP contribution in [0.4, 0.5) is 46.2 Å². The predicted octanol–water partition coefficient (Wildman–Crippen LogP) is 12.6. The molecule has 0 unspecified atom stereocenters. The van der Waals surface area contributed by atoms with Crippen LogP contribution in [0.3, 0.4) is 0 Å². The third-order valence-electron chi connectivity index (χ3n) is 12.0. The number of pyridine rings is 10. The number of nitrogen functional groups attached to an aromatic ring is 6. The van der Waals surface area contributed by atoms with Gasteiger partial charge in [-0.05, 0) is 200 Å². The molecular formula is C73H97N21O3. The highest BCUT2D eigenvalue weighted by atomic mass is 16.5. The Morgan fingerprint density at radius 1 is 0.423 bits per heavy atom. The number of rotatable bonds is 5. The molecule has 0 amide bonds. The maximum Gasteiger partial charge on any atom is 0.236 e. The van der Waals surface area contributed by atoms with E-state index in [2.05, 4.69) is 71.3 Å². The summed E-state index contributed by atoms with van der Waals surface area (Å²) in [6, 6.07) is 38.0. The van der Waals surface area contributed by atoms with Crippen LogP contribution in [0.25, 0.3) is 5.65 Å². The lowest BCUT2D eigenvalue weighted by Crippen LogP contribution is -2.09. The minimum atomic E-state index is 0.438. The maximum atomic E-state index is 5.54. The minimum Gasteiger partial charge on any atom is -0.493 e. The Labute approximate surface area is 572 Å². The Balaban J connectivity index is 0.000000364. The van der Waals surface area contributed by atoms with Gasteiger partial charge in [-0.1, -0.05) is 30.3 Å². The number of hydrogen-bond donors (Lipinski definition) is 7. The van der Waals surface area contributed by atoms with Crippen LogP contribution in [0.5, 0.6) is 17.5 Å². The molecule has 0 atom stereocenters. The number of methoxy groups -OCH3 is 3. The molecule has 0 bridgehead atoms. The lowest BCUT2D eigenvalue weighted by Gasteiger charge is -2.09. The highest BCUT2D eigenvalue weighted by Gasteiger charge is 2.00. The van der Waals surface area contributed by atoms with Crippen molar-refractivity contribution in [3.05, 3.63) is 263 Å². The van der Waals surface area contributed by atoms with Gasteiger partial charge in [0.1, 0.15) is 23.3 Å². The van der Waals surface area contributed by atoms with Crippen molar-refractivity contribution in [1.82, 2.24) is 64.4 Å². The van der Waals surface area contributed by atoms with E-state index in [1.54, 1.807) is 87.6 Å². The van der Waals surface area contributed by atoms with Crippen LogP contribution in [-0.4, -0.2) is 107 Å². The van der Waals surface area contributed by atoms with E-state index in [1.807, 2.05) is 236 Å². The molecule has 12 heterocycles. The minimum absolute atomic E-state index is 0.438. The Morgan fingerprint density at radius 3 is 1.51 bits per heavy atom. The normalized spacial score (nSPS) is 9.33. The molecule has 0 saturated carbocycles. The van der Waals surface area contributed by atoms with Gasteiger partial charge >= 0.3 is 0 Å². The lowest BCUT2D eigenvalue weighted by molar-refractivity contribution is 0.397. The average Bonchev–Trinajstić information content (AvgIpc) is 1.75. The second-order valence-electron chi connectivity index (χ2n) is 21.3. The first-order valence-electron chi connectivity index (χ1n) is 30.3. The fourth-order valence-electron chi connectivity index (χ4n) is 6.95. The molecule has 0 saturated heterocycles. The van der Waals surface area contributed by atoms with Crippen LogP contribution in [0.1, 0.15) is 61.6 Å².